The molecule has 0 aromatic heterocycles. The Hall–Kier alpha value is 1.38. The Morgan fingerprint density at radius 3 is 1.00 bits per heavy atom. The van der Waals surface area contributed by atoms with Crippen LogP contribution in [-0.4, -0.2) is 90.2 Å². The Labute approximate surface area is 106 Å². The van der Waals surface area contributed by atoms with Gasteiger partial charge in [0.15, 0.2) is 0 Å². The Morgan fingerprint density at radius 1 is 1.00 bits per heavy atom. The molecule has 0 aliphatic heterocycles. The Balaban J connectivity index is -0.0000000383. The molecule has 0 aliphatic carbocycles. The first kappa shape index (κ1) is 22.8. The fourth-order valence-electron chi connectivity index (χ4n) is 0. The zero-order valence-corrected chi connectivity index (χ0v) is 4.89. The molecule has 0 rings (SSSR count). The molecule has 11 heavy (non-hydrogen) atoms. The second kappa shape index (κ2) is 11.4. The maximum absolute atomic E-state index is 8.88. The molecule has 10 heteroatoms. The van der Waals surface area contributed by atoms with Gasteiger partial charge in [-0.2, -0.15) is 0 Å². The van der Waals surface area contributed by atoms with Gasteiger partial charge in [0.2, 0.25) is 0 Å². The van der Waals surface area contributed by atoms with Crippen molar-refractivity contribution in [3.63, 3.8) is 0 Å². The van der Waals surface area contributed by atoms with Crippen LogP contribution in [0.5, 0.6) is 0 Å². The van der Waals surface area contributed by atoms with Gasteiger partial charge in [-0.15, -0.1) is 0 Å². The summed E-state index contributed by atoms with van der Waals surface area (Å²) in [5.74, 6) is 0. The third-order valence-electron chi connectivity index (χ3n) is 0. The van der Waals surface area contributed by atoms with Gasteiger partial charge in [-0.1, -0.05) is 0 Å². The molecular formula is CH7Na2O7P. The fourth-order valence-corrected chi connectivity index (χ4v) is 0. The van der Waals surface area contributed by atoms with Crippen LogP contribution in [0.15, 0.2) is 0 Å². The van der Waals surface area contributed by atoms with E-state index in [4.69, 9.17) is 34.3 Å². The monoisotopic (exact) mass is 208 g/mol. The number of phosphoric acid groups is 1. The standard InChI is InChI=1S/CH2O3.2Na.H3O4P.2H/c2-1(3)4;;;1-5(2,3)4;;/h(H2,2,3,4);;;(H3,1,2,3,4);;. The number of carbonyl (C=O) groups is 1. The van der Waals surface area contributed by atoms with Crippen LogP contribution in [0.4, 0.5) is 4.79 Å². The van der Waals surface area contributed by atoms with Gasteiger partial charge in [0.1, 0.15) is 0 Å². The summed E-state index contributed by atoms with van der Waals surface area (Å²) in [5.41, 5.74) is 0. The van der Waals surface area contributed by atoms with Crippen molar-refractivity contribution in [3.05, 3.63) is 0 Å². The predicted molar refractivity (Wildman–Crippen MR) is 39.2 cm³/mol. The molecule has 0 saturated heterocycles. The van der Waals surface area contributed by atoms with Crippen LogP contribution in [-0.2, 0) is 4.57 Å². The average Bonchev–Trinajstić information content (AvgIpc) is 1.19. The van der Waals surface area contributed by atoms with Crippen molar-refractivity contribution in [2.45, 2.75) is 0 Å². The van der Waals surface area contributed by atoms with Gasteiger partial charge < -0.3 is 24.9 Å². The van der Waals surface area contributed by atoms with Crippen LogP contribution in [0, 0.1) is 0 Å². The molecule has 60 valence electrons. The first-order valence-corrected chi connectivity index (χ1v) is 3.00. The van der Waals surface area contributed by atoms with Crippen LogP contribution in [0.25, 0.3) is 0 Å². The van der Waals surface area contributed by atoms with E-state index in [1.807, 2.05) is 0 Å². The van der Waals surface area contributed by atoms with E-state index in [0.717, 1.165) is 0 Å². The second-order valence-corrected chi connectivity index (χ2v) is 1.82. The third kappa shape index (κ3) is 526. The van der Waals surface area contributed by atoms with E-state index in [9.17, 15) is 0 Å². The normalized spacial score (nSPS) is 7.55. The molecule has 7 nitrogen and oxygen atoms in total. The summed E-state index contributed by atoms with van der Waals surface area (Å²) in [7, 11) is -4.64. The van der Waals surface area contributed by atoms with Crippen molar-refractivity contribution in [2.24, 2.45) is 0 Å². The zero-order valence-electron chi connectivity index (χ0n) is 4.00. The fraction of sp³-hybridized carbons (Fsp3) is 0. The summed E-state index contributed by atoms with van der Waals surface area (Å²) < 4.78 is 8.88. The molecule has 0 aromatic rings. The van der Waals surface area contributed by atoms with E-state index < -0.39 is 14.0 Å². The van der Waals surface area contributed by atoms with E-state index in [1.54, 1.807) is 0 Å². The Morgan fingerprint density at radius 2 is 1.00 bits per heavy atom. The summed E-state index contributed by atoms with van der Waals surface area (Å²) in [6.07, 6.45) is -1.83. The van der Waals surface area contributed by atoms with Crippen LogP contribution in [0.2, 0.25) is 0 Å². The van der Waals surface area contributed by atoms with E-state index in [1.165, 1.54) is 0 Å². The molecule has 0 atom stereocenters. The molecule has 5 N–H and O–H groups in total. The van der Waals surface area contributed by atoms with E-state index in [2.05, 4.69) is 0 Å². The van der Waals surface area contributed by atoms with Crippen molar-refractivity contribution in [1.82, 2.24) is 0 Å². The summed E-state index contributed by atoms with van der Waals surface area (Å²) in [5, 5.41) is 13.9. The molecule has 0 aromatic carbocycles. The van der Waals surface area contributed by atoms with Crippen LogP contribution in [0.3, 0.4) is 0 Å². The number of hydrogen-bond acceptors (Lipinski definition) is 2. The van der Waals surface area contributed by atoms with Gasteiger partial charge >= 0.3 is 73.1 Å². The van der Waals surface area contributed by atoms with Gasteiger partial charge in [-0.3, -0.25) is 0 Å². The van der Waals surface area contributed by atoms with Gasteiger partial charge in [0.25, 0.3) is 0 Å². The second-order valence-electron chi connectivity index (χ2n) is 0.796. The third-order valence-corrected chi connectivity index (χ3v) is 0. The molecule has 0 aliphatic rings. The molecule has 0 spiro atoms. The van der Waals surface area contributed by atoms with Gasteiger partial charge in [0.05, 0.1) is 0 Å². The maximum atomic E-state index is 8.88. The molecular weight excluding hydrogens is 201 g/mol. The molecule has 0 bridgehead atoms. The van der Waals surface area contributed by atoms with E-state index >= 15 is 0 Å². The topological polar surface area (TPSA) is 135 Å². The minimum absolute atomic E-state index is 0. The van der Waals surface area contributed by atoms with Crippen LogP contribution < -0.4 is 0 Å². The molecule has 0 heterocycles. The Bertz CT molecular complexity index is 116. The van der Waals surface area contributed by atoms with E-state index in [-0.39, 0.29) is 59.1 Å². The average molecular weight is 208 g/mol. The van der Waals surface area contributed by atoms with Crippen molar-refractivity contribution >= 4 is 73.1 Å². The molecule has 0 saturated carbocycles. The van der Waals surface area contributed by atoms with Crippen molar-refractivity contribution in [2.75, 3.05) is 0 Å². The number of carboxylic acid groups (broad SMARTS) is 2. The molecule has 0 unspecified atom stereocenters. The number of hydrogen-bond donors (Lipinski definition) is 5. The van der Waals surface area contributed by atoms with E-state index in [0.29, 0.717) is 0 Å². The quantitative estimate of drug-likeness (QED) is 0.229. The molecule has 0 radical (unpaired) electrons. The minimum atomic E-state index is -4.64. The SMILES string of the molecule is O=C(O)O.O=P(O)(O)O.[NaH].[NaH]. The van der Waals surface area contributed by atoms with Gasteiger partial charge in [0, 0.05) is 0 Å². The van der Waals surface area contributed by atoms with Crippen LogP contribution in [0.1, 0.15) is 0 Å². The zero-order chi connectivity index (χ0) is 8.08. The summed E-state index contributed by atoms with van der Waals surface area (Å²) in [6.45, 7) is 0. The van der Waals surface area contributed by atoms with Gasteiger partial charge in [-0.25, -0.2) is 9.36 Å². The first-order valence-electron chi connectivity index (χ1n) is 1.43. The van der Waals surface area contributed by atoms with Crippen LogP contribution >= 0.6 is 7.82 Å². The summed E-state index contributed by atoms with van der Waals surface area (Å²) >= 11 is 0. The molecule has 0 fully saturated rings. The van der Waals surface area contributed by atoms with Gasteiger partial charge in [-0.05, 0) is 0 Å². The first-order chi connectivity index (χ1) is 3.73. The predicted octanol–water partition coefficient (Wildman–Crippen LogP) is -2.00. The molecule has 0 amide bonds. The summed E-state index contributed by atoms with van der Waals surface area (Å²) in [4.78, 5) is 30.1. The summed E-state index contributed by atoms with van der Waals surface area (Å²) in [6, 6.07) is 0. The van der Waals surface area contributed by atoms with Crippen molar-refractivity contribution < 1.29 is 34.3 Å². The van der Waals surface area contributed by atoms with Crippen molar-refractivity contribution in [3.8, 4) is 0 Å². The number of rotatable bonds is 0. The van der Waals surface area contributed by atoms with Crippen molar-refractivity contribution in [1.29, 1.82) is 0 Å². The Kier molecular flexibility index (Phi) is 23.6.